The maximum Gasteiger partial charge on any atom is 0.314 e. The van der Waals surface area contributed by atoms with Crippen LogP contribution in [0.3, 0.4) is 0 Å². The van der Waals surface area contributed by atoms with E-state index in [0.717, 1.165) is 25.7 Å². The molecule has 0 spiro atoms. The topological polar surface area (TPSA) is 101 Å². The summed E-state index contributed by atoms with van der Waals surface area (Å²) in [5.41, 5.74) is 5.97. The van der Waals surface area contributed by atoms with Crippen molar-refractivity contribution < 1.29 is 10.0 Å². The van der Waals surface area contributed by atoms with Crippen molar-refractivity contribution in [1.29, 1.82) is 0 Å². The average Bonchev–Trinajstić information content (AvgIpc) is 2.85. The number of nitrogens with zero attached hydrogens (tertiary/aromatic N) is 1. The van der Waals surface area contributed by atoms with Gasteiger partial charge in [-0.15, -0.1) is 0 Å². The molecule has 1 aliphatic carbocycles. The van der Waals surface area contributed by atoms with E-state index in [1.807, 2.05) is 0 Å². The highest BCUT2D eigenvalue weighted by atomic mass is 16.6. The first kappa shape index (κ1) is 13.6. The molecule has 1 aromatic carbocycles. The molecular weight excluding hydrogens is 246 g/mol. The summed E-state index contributed by atoms with van der Waals surface area (Å²) >= 11 is 0. The number of rotatable bonds is 5. The molecule has 0 amide bonds. The van der Waals surface area contributed by atoms with E-state index >= 15 is 0 Å². The molecule has 6 nitrogen and oxygen atoms in total. The number of anilines is 2. The van der Waals surface area contributed by atoms with Gasteiger partial charge in [-0.3, -0.25) is 10.1 Å². The zero-order valence-corrected chi connectivity index (χ0v) is 10.8. The number of nitro benzene ring substituents is 1. The van der Waals surface area contributed by atoms with E-state index in [4.69, 9.17) is 5.73 Å². The van der Waals surface area contributed by atoms with Gasteiger partial charge in [-0.25, -0.2) is 0 Å². The Hall–Kier alpha value is -1.82. The molecule has 2 rings (SSSR count). The molecule has 19 heavy (non-hydrogen) atoms. The van der Waals surface area contributed by atoms with Gasteiger partial charge in [-0.05, 0) is 25.0 Å². The Kier molecular flexibility index (Phi) is 3.90. The molecule has 1 fully saturated rings. The predicted octanol–water partition coefficient (Wildman–Crippen LogP) is 2.14. The van der Waals surface area contributed by atoms with Crippen LogP contribution in [0.5, 0.6) is 0 Å². The van der Waals surface area contributed by atoms with Crippen molar-refractivity contribution in [1.82, 2.24) is 0 Å². The number of nitro groups is 1. The van der Waals surface area contributed by atoms with Crippen molar-refractivity contribution >= 4 is 17.1 Å². The second-order valence-corrected chi connectivity index (χ2v) is 5.22. The maximum atomic E-state index is 11.0. The molecule has 0 atom stereocenters. The molecule has 4 N–H and O–H groups in total. The van der Waals surface area contributed by atoms with Crippen LogP contribution in [0.15, 0.2) is 18.2 Å². The molecule has 0 aliphatic heterocycles. The highest BCUT2D eigenvalue weighted by Gasteiger charge is 2.33. The maximum absolute atomic E-state index is 11.0. The van der Waals surface area contributed by atoms with Crippen LogP contribution in [0.1, 0.15) is 25.7 Å². The fourth-order valence-corrected chi connectivity index (χ4v) is 2.71. The average molecular weight is 265 g/mol. The summed E-state index contributed by atoms with van der Waals surface area (Å²) in [6.45, 7) is 0.643. The lowest BCUT2D eigenvalue weighted by Crippen LogP contribution is -2.30. The van der Waals surface area contributed by atoms with Crippen molar-refractivity contribution in [3.63, 3.8) is 0 Å². The van der Waals surface area contributed by atoms with E-state index in [9.17, 15) is 15.2 Å². The summed E-state index contributed by atoms with van der Waals surface area (Å²) in [5, 5.41) is 23.6. The van der Waals surface area contributed by atoms with Gasteiger partial charge in [0.25, 0.3) is 0 Å². The number of nitrogen functional groups attached to an aromatic ring is 1. The van der Waals surface area contributed by atoms with E-state index in [0.29, 0.717) is 12.2 Å². The minimum atomic E-state index is -0.474. The van der Waals surface area contributed by atoms with E-state index in [1.54, 1.807) is 12.1 Å². The molecule has 0 unspecified atom stereocenters. The molecule has 1 saturated carbocycles. The number of hydrogen-bond donors (Lipinski definition) is 3. The lowest BCUT2D eigenvalue weighted by atomic mass is 9.87. The number of aliphatic hydroxyl groups excluding tert-OH is 1. The predicted molar refractivity (Wildman–Crippen MR) is 74.0 cm³/mol. The quantitative estimate of drug-likeness (QED) is 0.430. The summed E-state index contributed by atoms with van der Waals surface area (Å²) in [6, 6.07) is 4.85. The Morgan fingerprint density at radius 3 is 2.68 bits per heavy atom. The van der Waals surface area contributed by atoms with Gasteiger partial charge in [-0.1, -0.05) is 18.9 Å². The normalized spacial score (nSPS) is 17.3. The minimum absolute atomic E-state index is 0.0893. The van der Waals surface area contributed by atoms with Crippen LogP contribution in [0, 0.1) is 15.5 Å². The number of hydrogen-bond acceptors (Lipinski definition) is 5. The van der Waals surface area contributed by atoms with Gasteiger partial charge < -0.3 is 16.2 Å². The van der Waals surface area contributed by atoms with Gasteiger partial charge in [0.15, 0.2) is 0 Å². The highest BCUT2D eigenvalue weighted by Crippen LogP contribution is 2.39. The van der Waals surface area contributed by atoms with Gasteiger partial charge in [-0.2, -0.15) is 0 Å². The van der Waals surface area contributed by atoms with E-state index < -0.39 is 4.92 Å². The highest BCUT2D eigenvalue weighted by molar-refractivity contribution is 5.74. The van der Waals surface area contributed by atoms with Crippen LogP contribution in [0.4, 0.5) is 17.1 Å². The van der Waals surface area contributed by atoms with Crippen molar-refractivity contribution in [2.45, 2.75) is 25.7 Å². The minimum Gasteiger partial charge on any atom is -0.396 e. The molecule has 0 radical (unpaired) electrons. The van der Waals surface area contributed by atoms with Crippen LogP contribution in [-0.2, 0) is 0 Å². The van der Waals surface area contributed by atoms with Crippen LogP contribution in [0.2, 0.25) is 0 Å². The fourth-order valence-electron chi connectivity index (χ4n) is 2.71. The summed E-state index contributed by atoms with van der Waals surface area (Å²) in [6.07, 6.45) is 4.10. The van der Waals surface area contributed by atoms with Crippen molar-refractivity contribution in [2.24, 2.45) is 5.41 Å². The lowest BCUT2D eigenvalue weighted by molar-refractivity contribution is -0.383. The number of aliphatic hydroxyl groups is 1. The van der Waals surface area contributed by atoms with Crippen LogP contribution >= 0.6 is 0 Å². The fraction of sp³-hybridized carbons (Fsp3) is 0.538. The standard InChI is InChI=1S/C13H19N3O3/c14-10-4-3-5-11(12(10)16(18)19)15-8-13(9-17)6-1-2-7-13/h3-5,15,17H,1-2,6-9,14H2. The molecule has 1 aromatic rings. The summed E-state index contributed by atoms with van der Waals surface area (Å²) < 4.78 is 0. The van der Waals surface area contributed by atoms with Crippen LogP contribution in [-0.4, -0.2) is 23.2 Å². The van der Waals surface area contributed by atoms with Crippen LogP contribution in [0.25, 0.3) is 0 Å². The van der Waals surface area contributed by atoms with Crippen LogP contribution < -0.4 is 11.1 Å². The van der Waals surface area contributed by atoms with Gasteiger partial charge in [0.2, 0.25) is 0 Å². The third-order valence-electron chi connectivity index (χ3n) is 3.90. The first-order chi connectivity index (χ1) is 9.08. The Labute approximate surface area is 111 Å². The summed E-state index contributed by atoms with van der Waals surface area (Å²) in [4.78, 5) is 10.5. The largest absolute Gasteiger partial charge is 0.396 e. The van der Waals surface area contributed by atoms with E-state index in [-0.39, 0.29) is 23.4 Å². The second-order valence-electron chi connectivity index (χ2n) is 5.22. The molecule has 0 heterocycles. The number of nitrogens with one attached hydrogen (secondary N) is 1. The number of nitrogens with two attached hydrogens (primary N) is 1. The third kappa shape index (κ3) is 2.78. The molecule has 0 aromatic heterocycles. The Balaban J connectivity index is 2.15. The van der Waals surface area contributed by atoms with Gasteiger partial charge >= 0.3 is 5.69 Å². The molecule has 0 bridgehead atoms. The van der Waals surface area contributed by atoms with Crippen molar-refractivity contribution in [3.8, 4) is 0 Å². The van der Waals surface area contributed by atoms with Gasteiger partial charge in [0.1, 0.15) is 11.4 Å². The van der Waals surface area contributed by atoms with E-state index in [1.165, 1.54) is 6.07 Å². The van der Waals surface area contributed by atoms with Gasteiger partial charge in [0, 0.05) is 12.0 Å². The zero-order valence-electron chi connectivity index (χ0n) is 10.8. The smallest absolute Gasteiger partial charge is 0.314 e. The molecule has 6 heteroatoms. The monoisotopic (exact) mass is 265 g/mol. The van der Waals surface area contributed by atoms with Crippen molar-refractivity contribution in [2.75, 3.05) is 24.2 Å². The number of benzene rings is 1. The van der Waals surface area contributed by atoms with Crippen molar-refractivity contribution in [3.05, 3.63) is 28.3 Å². The SMILES string of the molecule is Nc1cccc(NCC2(CO)CCCC2)c1[N+](=O)[O-]. The Bertz CT molecular complexity index is 470. The lowest BCUT2D eigenvalue weighted by Gasteiger charge is -2.27. The zero-order chi connectivity index (χ0) is 13.9. The number of para-hydroxylation sites is 1. The molecule has 0 saturated heterocycles. The Morgan fingerprint density at radius 1 is 1.42 bits per heavy atom. The third-order valence-corrected chi connectivity index (χ3v) is 3.90. The molecule has 104 valence electrons. The first-order valence-corrected chi connectivity index (χ1v) is 6.46. The van der Waals surface area contributed by atoms with E-state index in [2.05, 4.69) is 5.32 Å². The first-order valence-electron chi connectivity index (χ1n) is 6.46. The summed E-state index contributed by atoms with van der Waals surface area (Å²) in [5.74, 6) is 0. The molecule has 1 aliphatic rings. The molecular formula is C13H19N3O3. The summed E-state index contributed by atoms with van der Waals surface area (Å²) in [7, 11) is 0. The van der Waals surface area contributed by atoms with Gasteiger partial charge in [0.05, 0.1) is 11.5 Å². The Morgan fingerprint density at radius 2 is 2.11 bits per heavy atom. The second kappa shape index (κ2) is 5.44.